The fourth-order valence-electron chi connectivity index (χ4n) is 2.21. The Labute approximate surface area is 137 Å². The van der Waals surface area contributed by atoms with Gasteiger partial charge in [0.1, 0.15) is 0 Å². The molecule has 0 saturated carbocycles. The Bertz CT molecular complexity index is 560. The monoisotopic (exact) mass is 340 g/mol. The normalized spacial score (nSPS) is 14.3. The van der Waals surface area contributed by atoms with Crippen LogP contribution in [0.2, 0.25) is 0 Å². The molecule has 128 valence electrons. The van der Waals surface area contributed by atoms with E-state index in [1.807, 2.05) is 6.07 Å². The van der Waals surface area contributed by atoms with Crippen molar-refractivity contribution in [3.05, 3.63) is 35.9 Å². The van der Waals surface area contributed by atoms with Gasteiger partial charge in [-0.05, 0) is 19.8 Å². The van der Waals surface area contributed by atoms with Crippen LogP contribution in [0, 0.1) is 11.8 Å². The zero-order valence-corrected chi connectivity index (χ0v) is 15.0. The minimum Gasteiger partial charge on any atom is -0.303 e. The lowest BCUT2D eigenvalue weighted by atomic mass is 9.87. The summed E-state index contributed by atoms with van der Waals surface area (Å²) in [6, 6.07) is 8.94. The van der Waals surface area contributed by atoms with Crippen LogP contribution in [0.15, 0.2) is 30.3 Å². The minimum atomic E-state index is -3.76. The van der Waals surface area contributed by atoms with E-state index in [0.29, 0.717) is 5.56 Å². The van der Waals surface area contributed by atoms with E-state index >= 15 is 0 Å². The molecule has 1 aromatic rings. The summed E-state index contributed by atoms with van der Waals surface area (Å²) in [4.78, 5) is 24.7. The average molecular weight is 340 g/mol. The van der Waals surface area contributed by atoms with Crippen molar-refractivity contribution in [2.75, 3.05) is 13.2 Å². The molecule has 0 radical (unpaired) electrons. The number of Topliss-reactive ketones (excluding diaryl/α,β-unsaturated/α-hetero) is 1. The summed E-state index contributed by atoms with van der Waals surface area (Å²) in [5, 5.41) is 0. The molecule has 1 rings (SSSR count). The fourth-order valence-corrected chi connectivity index (χ4v) is 3.76. The van der Waals surface area contributed by atoms with E-state index in [4.69, 9.17) is 9.05 Å². The second-order valence-corrected chi connectivity index (χ2v) is 7.44. The minimum absolute atomic E-state index is 0.0168. The molecule has 0 amide bonds. The molecule has 5 nitrogen and oxygen atoms in total. The largest absolute Gasteiger partial charge is 0.396 e. The van der Waals surface area contributed by atoms with Crippen LogP contribution in [0.25, 0.3) is 0 Å². The second kappa shape index (κ2) is 9.11. The molecule has 0 spiro atoms. The molecule has 0 aromatic heterocycles. The zero-order valence-electron chi connectivity index (χ0n) is 14.2. The van der Waals surface area contributed by atoms with E-state index in [1.165, 1.54) is 0 Å². The predicted molar refractivity (Wildman–Crippen MR) is 89.6 cm³/mol. The van der Waals surface area contributed by atoms with Crippen LogP contribution in [0.4, 0.5) is 0 Å². The first kappa shape index (κ1) is 19.8. The van der Waals surface area contributed by atoms with Crippen molar-refractivity contribution in [3.63, 3.8) is 0 Å². The molecule has 0 bridgehead atoms. The van der Waals surface area contributed by atoms with Crippen molar-refractivity contribution in [1.29, 1.82) is 0 Å². The standard InChI is InChI=1S/C17H25O5P/c1-5-21-23(20,22-6-2)16(18)12-13(3)14(4)17(19)15-10-8-7-9-11-15/h7-11,13-14H,5-6,12H2,1-4H3. The molecule has 0 aliphatic rings. The van der Waals surface area contributed by atoms with E-state index in [9.17, 15) is 14.2 Å². The molecular weight excluding hydrogens is 315 g/mol. The predicted octanol–water partition coefficient (Wildman–Crippen LogP) is 4.32. The molecule has 6 heteroatoms. The number of carbonyl (C=O) groups excluding carboxylic acids is 2. The average Bonchev–Trinajstić information content (AvgIpc) is 2.54. The van der Waals surface area contributed by atoms with Crippen molar-refractivity contribution < 1.29 is 23.2 Å². The Balaban J connectivity index is 2.77. The summed E-state index contributed by atoms with van der Waals surface area (Å²) in [6.45, 7) is 7.16. The lowest BCUT2D eigenvalue weighted by Gasteiger charge is -2.21. The molecule has 0 N–H and O–H groups in total. The highest BCUT2D eigenvalue weighted by Crippen LogP contribution is 2.50. The SMILES string of the molecule is CCOP(=O)(OCC)C(=O)CC(C)C(C)C(=O)c1ccccc1. The number of benzene rings is 1. The Morgan fingerprint density at radius 2 is 1.57 bits per heavy atom. The highest BCUT2D eigenvalue weighted by atomic mass is 31.2. The summed E-state index contributed by atoms with van der Waals surface area (Å²) in [5.74, 6) is -0.656. The molecule has 2 atom stereocenters. The summed E-state index contributed by atoms with van der Waals surface area (Å²) in [7, 11) is -3.76. The van der Waals surface area contributed by atoms with E-state index in [-0.39, 0.29) is 37.3 Å². The Kier molecular flexibility index (Phi) is 7.83. The molecule has 0 aliphatic carbocycles. The fraction of sp³-hybridized carbons (Fsp3) is 0.529. The molecule has 0 fully saturated rings. The number of ketones is 1. The molecule has 2 unspecified atom stereocenters. The van der Waals surface area contributed by atoms with Crippen LogP contribution < -0.4 is 0 Å². The first-order valence-electron chi connectivity index (χ1n) is 7.87. The van der Waals surface area contributed by atoms with Gasteiger partial charge in [-0.2, -0.15) is 0 Å². The second-order valence-electron chi connectivity index (χ2n) is 5.43. The van der Waals surface area contributed by atoms with Crippen molar-refractivity contribution in [3.8, 4) is 0 Å². The van der Waals surface area contributed by atoms with Crippen molar-refractivity contribution in [1.82, 2.24) is 0 Å². The first-order chi connectivity index (χ1) is 10.9. The smallest absolute Gasteiger partial charge is 0.303 e. The summed E-state index contributed by atoms with van der Waals surface area (Å²) in [6.07, 6.45) is -0.0168. The van der Waals surface area contributed by atoms with E-state index in [1.54, 1.807) is 52.0 Å². The lowest BCUT2D eigenvalue weighted by molar-refractivity contribution is -0.114. The molecule has 23 heavy (non-hydrogen) atoms. The highest BCUT2D eigenvalue weighted by molar-refractivity contribution is 7.71. The highest BCUT2D eigenvalue weighted by Gasteiger charge is 2.36. The van der Waals surface area contributed by atoms with Gasteiger partial charge < -0.3 is 9.05 Å². The molecule has 0 saturated heterocycles. The Morgan fingerprint density at radius 3 is 2.04 bits per heavy atom. The zero-order chi connectivity index (χ0) is 17.5. The van der Waals surface area contributed by atoms with Gasteiger partial charge >= 0.3 is 7.60 Å². The number of hydrogen-bond acceptors (Lipinski definition) is 5. The van der Waals surface area contributed by atoms with Gasteiger partial charge in [-0.15, -0.1) is 0 Å². The third-order valence-electron chi connectivity index (χ3n) is 3.73. The van der Waals surface area contributed by atoms with Crippen LogP contribution in [0.1, 0.15) is 44.5 Å². The molecule has 0 aliphatic heterocycles. The Hall–Kier alpha value is -1.29. The maximum absolute atomic E-state index is 12.4. The molecule has 0 heterocycles. The van der Waals surface area contributed by atoms with Gasteiger partial charge in [-0.1, -0.05) is 44.2 Å². The van der Waals surface area contributed by atoms with Crippen LogP contribution in [0.3, 0.4) is 0 Å². The van der Waals surface area contributed by atoms with Crippen LogP contribution >= 0.6 is 7.60 Å². The van der Waals surface area contributed by atoms with E-state index < -0.39 is 13.1 Å². The summed E-state index contributed by atoms with van der Waals surface area (Å²) >= 11 is 0. The summed E-state index contributed by atoms with van der Waals surface area (Å²) in [5.41, 5.74) is 0.0403. The van der Waals surface area contributed by atoms with Crippen LogP contribution in [0.5, 0.6) is 0 Å². The topological polar surface area (TPSA) is 69.7 Å². The van der Waals surface area contributed by atoms with E-state index in [0.717, 1.165) is 0 Å². The molecular formula is C17H25O5P. The van der Waals surface area contributed by atoms with E-state index in [2.05, 4.69) is 0 Å². The number of carbonyl (C=O) groups is 2. The lowest BCUT2D eigenvalue weighted by Crippen LogP contribution is -2.22. The van der Waals surface area contributed by atoms with Crippen molar-refractivity contribution in [2.45, 2.75) is 34.1 Å². The molecule has 1 aromatic carbocycles. The van der Waals surface area contributed by atoms with Gasteiger partial charge in [0, 0.05) is 17.9 Å². The van der Waals surface area contributed by atoms with Gasteiger partial charge in [-0.3, -0.25) is 14.2 Å². The maximum Gasteiger partial charge on any atom is 0.396 e. The first-order valence-corrected chi connectivity index (χ1v) is 9.41. The van der Waals surface area contributed by atoms with Gasteiger partial charge in [0.2, 0.25) is 5.52 Å². The van der Waals surface area contributed by atoms with Crippen LogP contribution in [-0.4, -0.2) is 24.5 Å². The Morgan fingerprint density at radius 1 is 1.04 bits per heavy atom. The van der Waals surface area contributed by atoms with Gasteiger partial charge in [0.05, 0.1) is 13.2 Å². The third-order valence-corrected chi connectivity index (χ3v) is 5.72. The number of rotatable bonds is 10. The summed E-state index contributed by atoms with van der Waals surface area (Å²) < 4.78 is 22.5. The van der Waals surface area contributed by atoms with Crippen molar-refractivity contribution in [2.24, 2.45) is 11.8 Å². The maximum atomic E-state index is 12.4. The number of hydrogen-bond donors (Lipinski definition) is 0. The quantitative estimate of drug-likeness (QED) is 0.468. The van der Waals surface area contributed by atoms with Crippen LogP contribution in [-0.2, 0) is 18.4 Å². The third kappa shape index (κ3) is 5.38. The van der Waals surface area contributed by atoms with Gasteiger partial charge in [0.15, 0.2) is 5.78 Å². The van der Waals surface area contributed by atoms with Gasteiger partial charge in [0.25, 0.3) is 0 Å². The van der Waals surface area contributed by atoms with Crippen molar-refractivity contribution >= 4 is 18.9 Å². The van der Waals surface area contributed by atoms with Gasteiger partial charge in [-0.25, -0.2) is 0 Å².